The van der Waals surface area contributed by atoms with Gasteiger partial charge in [0.1, 0.15) is 5.52 Å². The zero-order valence-electron chi connectivity index (χ0n) is 12.3. The molecule has 1 atom stereocenters. The first-order valence-corrected chi connectivity index (χ1v) is 9.81. The Morgan fingerprint density at radius 1 is 1.50 bits per heavy atom. The number of non-ortho nitro benzene ring substituents is 1. The molecule has 128 valence electrons. The summed E-state index contributed by atoms with van der Waals surface area (Å²) < 4.78 is 28.1. The minimum atomic E-state index is -3.04. The van der Waals surface area contributed by atoms with Crippen molar-refractivity contribution in [3.05, 3.63) is 28.3 Å². The molecule has 11 heteroatoms. The molecule has 0 radical (unpaired) electrons. The van der Waals surface area contributed by atoms with E-state index in [0.717, 1.165) is 11.8 Å². The number of hydrogen-bond donors (Lipinski definition) is 1. The molecule has 3 rings (SSSR count). The van der Waals surface area contributed by atoms with E-state index >= 15 is 0 Å². The number of rotatable bonds is 5. The number of nitrogens with zero attached hydrogens (tertiary/aromatic N) is 2. The van der Waals surface area contributed by atoms with Crippen LogP contribution in [0.4, 0.5) is 5.69 Å². The molecule has 24 heavy (non-hydrogen) atoms. The number of amides is 1. The molecular formula is C13H13N3O6S2. The molecule has 1 N–H and O–H groups in total. The van der Waals surface area contributed by atoms with Gasteiger partial charge in [0.25, 0.3) is 10.9 Å². The first kappa shape index (κ1) is 16.7. The summed E-state index contributed by atoms with van der Waals surface area (Å²) in [7, 11) is -3.04. The number of carbonyl (C=O) groups excluding carboxylic acids is 1. The zero-order valence-corrected chi connectivity index (χ0v) is 13.9. The third kappa shape index (κ3) is 3.85. The highest BCUT2D eigenvalue weighted by Crippen LogP contribution is 2.26. The van der Waals surface area contributed by atoms with Crippen LogP contribution in [0.15, 0.2) is 27.8 Å². The topological polar surface area (TPSA) is 132 Å². The van der Waals surface area contributed by atoms with Crippen molar-refractivity contribution in [1.29, 1.82) is 0 Å². The quantitative estimate of drug-likeness (QED) is 0.470. The van der Waals surface area contributed by atoms with Crippen molar-refractivity contribution >= 4 is 44.3 Å². The summed E-state index contributed by atoms with van der Waals surface area (Å²) in [5.41, 5.74) is 0.645. The van der Waals surface area contributed by atoms with E-state index in [-0.39, 0.29) is 40.1 Å². The third-order valence-corrected chi connectivity index (χ3v) is 6.08. The molecule has 1 fully saturated rings. The van der Waals surface area contributed by atoms with Gasteiger partial charge in [-0.15, -0.1) is 0 Å². The summed E-state index contributed by atoms with van der Waals surface area (Å²) >= 11 is 1.04. The minimum absolute atomic E-state index is 0.0193. The lowest BCUT2D eigenvalue weighted by molar-refractivity contribution is -0.384. The molecule has 9 nitrogen and oxygen atoms in total. The second kappa shape index (κ2) is 6.40. The van der Waals surface area contributed by atoms with Gasteiger partial charge in [0.05, 0.1) is 22.2 Å². The van der Waals surface area contributed by atoms with E-state index in [0.29, 0.717) is 17.5 Å². The highest BCUT2D eigenvalue weighted by Gasteiger charge is 2.28. The van der Waals surface area contributed by atoms with E-state index in [9.17, 15) is 23.3 Å². The Morgan fingerprint density at radius 3 is 2.96 bits per heavy atom. The SMILES string of the molecule is O=C(CSc1nc2cc([N+](=O)[O-])ccc2o1)N[C@@H]1CCS(=O)(=O)C1. The molecular weight excluding hydrogens is 358 g/mol. The molecule has 1 aromatic heterocycles. The van der Waals surface area contributed by atoms with Crippen molar-refractivity contribution in [1.82, 2.24) is 10.3 Å². The van der Waals surface area contributed by atoms with E-state index in [2.05, 4.69) is 10.3 Å². The van der Waals surface area contributed by atoms with Crippen molar-refractivity contribution in [3.63, 3.8) is 0 Å². The monoisotopic (exact) mass is 371 g/mol. The Kier molecular flexibility index (Phi) is 4.45. The van der Waals surface area contributed by atoms with E-state index < -0.39 is 14.8 Å². The fraction of sp³-hybridized carbons (Fsp3) is 0.385. The predicted molar refractivity (Wildman–Crippen MR) is 86.6 cm³/mol. The lowest BCUT2D eigenvalue weighted by atomic mass is 10.3. The predicted octanol–water partition coefficient (Wildman–Crippen LogP) is 1.13. The number of thioether (sulfide) groups is 1. The van der Waals surface area contributed by atoms with Gasteiger partial charge in [-0.3, -0.25) is 14.9 Å². The highest BCUT2D eigenvalue weighted by atomic mass is 32.2. The van der Waals surface area contributed by atoms with Crippen molar-refractivity contribution < 1.29 is 22.6 Å². The molecule has 1 aliphatic heterocycles. The van der Waals surface area contributed by atoms with E-state index in [1.165, 1.54) is 18.2 Å². The summed E-state index contributed by atoms with van der Waals surface area (Å²) in [6, 6.07) is 3.71. The third-order valence-electron chi connectivity index (χ3n) is 3.49. The van der Waals surface area contributed by atoms with Crippen LogP contribution in [0.1, 0.15) is 6.42 Å². The number of benzene rings is 1. The van der Waals surface area contributed by atoms with Crippen LogP contribution < -0.4 is 5.32 Å². The number of aromatic nitrogens is 1. The van der Waals surface area contributed by atoms with Crippen LogP contribution >= 0.6 is 11.8 Å². The number of carbonyl (C=O) groups is 1. The van der Waals surface area contributed by atoms with Crippen molar-refractivity contribution in [2.45, 2.75) is 17.7 Å². The summed E-state index contributed by atoms with van der Waals surface area (Å²) in [4.78, 5) is 26.2. The van der Waals surface area contributed by atoms with Crippen LogP contribution in [-0.2, 0) is 14.6 Å². The molecule has 0 aliphatic carbocycles. The smallest absolute Gasteiger partial charge is 0.271 e. The lowest BCUT2D eigenvalue weighted by Gasteiger charge is -2.09. The number of sulfone groups is 1. The number of nitro benzene ring substituents is 1. The van der Waals surface area contributed by atoms with Crippen LogP contribution in [0.5, 0.6) is 0 Å². The van der Waals surface area contributed by atoms with Crippen molar-refractivity contribution in [3.8, 4) is 0 Å². The van der Waals surface area contributed by atoms with Gasteiger partial charge in [0.2, 0.25) is 5.91 Å². The molecule has 1 saturated heterocycles. The van der Waals surface area contributed by atoms with Crippen LogP contribution in [0, 0.1) is 10.1 Å². The number of nitro groups is 1. The van der Waals surface area contributed by atoms with Crippen LogP contribution in [0.3, 0.4) is 0 Å². The Hall–Kier alpha value is -2.14. The second-order valence-corrected chi connectivity index (χ2v) is 8.50. The fourth-order valence-electron chi connectivity index (χ4n) is 2.38. The average molecular weight is 371 g/mol. The molecule has 1 amide bonds. The molecule has 1 aliphatic rings. The summed E-state index contributed by atoms with van der Waals surface area (Å²) in [5.74, 6) is -0.230. The van der Waals surface area contributed by atoms with Crippen molar-refractivity contribution in [2.75, 3.05) is 17.3 Å². The maximum Gasteiger partial charge on any atom is 0.271 e. The van der Waals surface area contributed by atoms with E-state index in [1.54, 1.807) is 0 Å². The second-order valence-electron chi connectivity index (χ2n) is 5.35. The number of oxazole rings is 1. The Labute approximate surface area is 140 Å². The average Bonchev–Trinajstić information content (AvgIpc) is 3.06. The number of hydrogen-bond acceptors (Lipinski definition) is 8. The summed E-state index contributed by atoms with van der Waals surface area (Å²) in [6.45, 7) is 0. The fourth-order valence-corrected chi connectivity index (χ4v) is 4.70. The summed E-state index contributed by atoms with van der Waals surface area (Å²) in [6.07, 6.45) is 0.422. The largest absolute Gasteiger partial charge is 0.431 e. The van der Waals surface area contributed by atoms with Crippen molar-refractivity contribution in [2.24, 2.45) is 0 Å². The normalized spacial score (nSPS) is 19.4. The van der Waals surface area contributed by atoms with Gasteiger partial charge in [-0.25, -0.2) is 13.4 Å². The first-order chi connectivity index (χ1) is 11.3. The molecule has 0 bridgehead atoms. The Morgan fingerprint density at radius 2 is 2.29 bits per heavy atom. The van der Waals surface area contributed by atoms with Gasteiger partial charge >= 0.3 is 0 Å². The van der Waals surface area contributed by atoms with Gasteiger partial charge in [0.15, 0.2) is 15.4 Å². The first-order valence-electron chi connectivity index (χ1n) is 7.00. The van der Waals surface area contributed by atoms with Gasteiger partial charge in [-0.2, -0.15) is 0 Å². The molecule has 2 heterocycles. The Bertz CT molecular complexity index is 908. The maximum atomic E-state index is 11.9. The van der Waals surface area contributed by atoms with E-state index in [1.807, 2.05) is 0 Å². The molecule has 0 spiro atoms. The van der Waals surface area contributed by atoms with Gasteiger partial charge in [-0.1, -0.05) is 11.8 Å². The minimum Gasteiger partial charge on any atom is -0.431 e. The molecule has 0 saturated carbocycles. The summed E-state index contributed by atoms with van der Waals surface area (Å²) in [5, 5.41) is 13.6. The lowest BCUT2D eigenvalue weighted by Crippen LogP contribution is -2.36. The van der Waals surface area contributed by atoms with Gasteiger partial charge in [0, 0.05) is 18.2 Å². The standard InChI is InChI=1S/C13H13N3O6S2/c17-12(14-8-3-4-24(20,21)7-8)6-23-13-15-10-5-9(16(18)19)1-2-11(10)22-13/h1-2,5,8H,3-4,6-7H2,(H,14,17)/t8-/m1/s1. The molecule has 2 aromatic rings. The van der Waals surface area contributed by atoms with E-state index in [4.69, 9.17) is 4.42 Å². The maximum absolute atomic E-state index is 11.9. The number of nitrogens with one attached hydrogen (secondary N) is 1. The van der Waals surface area contributed by atoms with Crippen LogP contribution in [0.2, 0.25) is 0 Å². The number of fused-ring (bicyclic) bond motifs is 1. The Balaban J connectivity index is 1.59. The molecule has 0 unspecified atom stereocenters. The van der Waals surface area contributed by atoms with Crippen LogP contribution in [0.25, 0.3) is 11.1 Å². The van der Waals surface area contributed by atoms with Gasteiger partial charge < -0.3 is 9.73 Å². The van der Waals surface area contributed by atoms with Gasteiger partial charge in [-0.05, 0) is 12.5 Å². The zero-order chi connectivity index (χ0) is 17.3. The highest BCUT2D eigenvalue weighted by molar-refractivity contribution is 7.99. The molecule has 1 aromatic carbocycles. The van der Waals surface area contributed by atoms with Crippen LogP contribution in [-0.4, -0.2) is 47.5 Å².